The number of nitrogens with two attached hydrogens (primary N) is 3. The van der Waals surface area contributed by atoms with Gasteiger partial charge < -0.3 is 32.9 Å². The molecule has 11 heteroatoms. The van der Waals surface area contributed by atoms with Crippen molar-refractivity contribution in [2.45, 2.75) is 25.4 Å². The van der Waals surface area contributed by atoms with Crippen LogP contribution in [-0.4, -0.2) is 44.5 Å². The van der Waals surface area contributed by atoms with Crippen molar-refractivity contribution in [3.63, 3.8) is 0 Å². The molecule has 1 atom stereocenters. The highest BCUT2D eigenvalue weighted by Gasteiger charge is 2.20. The topological polar surface area (TPSA) is 195 Å². The van der Waals surface area contributed by atoms with Crippen molar-refractivity contribution in [2.24, 2.45) is 5.73 Å². The van der Waals surface area contributed by atoms with Gasteiger partial charge in [0.2, 0.25) is 5.95 Å². The average Bonchev–Trinajstić information content (AvgIpc) is 2.75. The van der Waals surface area contributed by atoms with E-state index in [-0.39, 0.29) is 18.2 Å². The third-order valence-electron chi connectivity index (χ3n) is 4.57. The summed E-state index contributed by atoms with van der Waals surface area (Å²) in [5.41, 5.74) is 19.7. The van der Waals surface area contributed by atoms with Gasteiger partial charge in [0.1, 0.15) is 11.6 Å². The van der Waals surface area contributed by atoms with Crippen molar-refractivity contribution in [1.82, 2.24) is 20.3 Å². The molecule has 0 bridgehead atoms. The molecule has 0 saturated carbocycles. The van der Waals surface area contributed by atoms with E-state index in [1.165, 1.54) is 0 Å². The van der Waals surface area contributed by atoms with Crippen molar-refractivity contribution >= 4 is 40.4 Å². The number of rotatable bonds is 9. The minimum Gasteiger partial charge on any atom is -0.480 e. The maximum absolute atomic E-state index is 12.3. The van der Waals surface area contributed by atoms with E-state index in [9.17, 15) is 14.7 Å². The molecule has 0 aliphatic heterocycles. The second kappa shape index (κ2) is 9.67. The van der Waals surface area contributed by atoms with E-state index in [2.05, 4.69) is 25.6 Å². The number of nitrogens with one attached hydrogen (secondary N) is 2. The second-order valence-electron chi connectivity index (χ2n) is 6.86. The van der Waals surface area contributed by atoms with E-state index in [1.54, 1.807) is 36.4 Å². The number of nitrogen functional groups attached to an aromatic ring is 2. The lowest BCUT2D eigenvalue weighted by Gasteiger charge is -2.14. The Morgan fingerprint density at radius 3 is 2.45 bits per heavy atom. The summed E-state index contributed by atoms with van der Waals surface area (Å²) < 4.78 is 0. The van der Waals surface area contributed by atoms with Crippen molar-refractivity contribution in [1.29, 1.82) is 0 Å². The van der Waals surface area contributed by atoms with Crippen LogP contribution in [0, 0.1) is 0 Å². The fourth-order valence-electron chi connectivity index (χ4n) is 2.95. The van der Waals surface area contributed by atoms with Crippen LogP contribution >= 0.6 is 0 Å². The van der Waals surface area contributed by atoms with Crippen LogP contribution in [0.3, 0.4) is 0 Å². The summed E-state index contributed by atoms with van der Waals surface area (Å²) in [7, 11) is 0. The monoisotopic (exact) mass is 424 g/mol. The standard InChI is InChI=1S/C20H24N8O3/c21-9-1-2-15(19(30)31)26-18(29)11-3-5-12(6-4-11)24-10-13-7-8-14-16(25-13)17(22)28-20(23)27-14/h3-8,15,24H,1-2,9-10,21H2,(H,26,29)(H,30,31)(H4,22,23,27,28)/t15-/m0/s1. The van der Waals surface area contributed by atoms with Crippen LogP contribution in [0.1, 0.15) is 28.9 Å². The zero-order chi connectivity index (χ0) is 22.4. The van der Waals surface area contributed by atoms with E-state index in [1.807, 2.05) is 0 Å². The normalized spacial score (nSPS) is 11.8. The molecule has 2 aromatic heterocycles. The molecule has 0 spiro atoms. The molecule has 0 radical (unpaired) electrons. The fourth-order valence-corrected chi connectivity index (χ4v) is 2.95. The molecule has 3 rings (SSSR count). The maximum atomic E-state index is 12.3. The lowest BCUT2D eigenvalue weighted by Crippen LogP contribution is -2.41. The number of benzene rings is 1. The second-order valence-corrected chi connectivity index (χ2v) is 6.86. The van der Waals surface area contributed by atoms with Gasteiger partial charge in [0.25, 0.3) is 5.91 Å². The van der Waals surface area contributed by atoms with Gasteiger partial charge in [0.15, 0.2) is 5.82 Å². The first-order valence-electron chi connectivity index (χ1n) is 9.63. The number of carbonyl (C=O) groups is 2. The zero-order valence-corrected chi connectivity index (χ0v) is 16.7. The van der Waals surface area contributed by atoms with Crippen molar-refractivity contribution < 1.29 is 14.7 Å². The highest BCUT2D eigenvalue weighted by molar-refractivity contribution is 5.96. The smallest absolute Gasteiger partial charge is 0.326 e. The van der Waals surface area contributed by atoms with Gasteiger partial charge in [-0.2, -0.15) is 4.98 Å². The Kier molecular flexibility index (Phi) is 6.78. The summed E-state index contributed by atoms with van der Waals surface area (Å²) in [4.78, 5) is 36.1. The SMILES string of the molecule is NCCC[C@H](NC(=O)c1ccc(NCc2ccc3nc(N)nc(N)c3n2)cc1)C(=O)O. The molecule has 0 aliphatic rings. The van der Waals surface area contributed by atoms with E-state index < -0.39 is 17.9 Å². The van der Waals surface area contributed by atoms with Crippen molar-refractivity contribution in [3.8, 4) is 0 Å². The molecule has 31 heavy (non-hydrogen) atoms. The zero-order valence-electron chi connectivity index (χ0n) is 16.7. The molecular weight excluding hydrogens is 400 g/mol. The van der Waals surface area contributed by atoms with E-state index >= 15 is 0 Å². The number of carboxylic acid groups (broad SMARTS) is 1. The van der Waals surface area contributed by atoms with Crippen molar-refractivity contribution in [2.75, 3.05) is 23.3 Å². The lowest BCUT2D eigenvalue weighted by atomic mass is 10.1. The predicted octanol–water partition coefficient (Wildman–Crippen LogP) is 0.723. The number of pyridine rings is 1. The largest absolute Gasteiger partial charge is 0.480 e. The molecule has 0 unspecified atom stereocenters. The van der Waals surface area contributed by atoms with Gasteiger partial charge in [-0.15, -0.1) is 0 Å². The van der Waals surface area contributed by atoms with Gasteiger partial charge in [0.05, 0.1) is 17.8 Å². The van der Waals surface area contributed by atoms with Gasteiger partial charge in [0, 0.05) is 11.3 Å². The molecule has 162 valence electrons. The van der Waals surface area contributed by atoms with Crippen LogP contribution < -0.4 is 27.8 Å². The Balaban J connectivity index is 1.62. The molecule has 0 aliphatic carbocycles. The van der Waals surface area contributed by atoms with Crippen LogP contribution in [0.25, 0.3) is 11.0 Å². The Hall–Kier alpha value is -3.99. The molecule has 11 nitrogen and oxygen atoms in total. The van der Waals surface area contributed by atoms with Crippen LogP contribution in [0.2, 0.25) is 0 Å². The van der Waals surface area contributed by atoms with Gasteiger partial charge in [-0.1, -0.05) is 0 Å². The van der Waals surface area contributed by atoms with E-state index in [4.69, 9.17) is 17.2 Å². The van der Waals surface area contributed by atoms with Gasteiger partial charge in [-0.3, -0.25) is 4.79 Å². The summed E-state index contributed by atoms with van der Waals surface area (Å²) in [6.45, 7) is 0.769. The highest BCUT2D eigenvalue weighted by atomic mass is 16.4. The molecular formula is C20H24N8O3. The third-order valence-corrected chi connectivity index (χ3v) is 4.57. The minimum absolute atomic E-state index is 0.0934. The Bertz CT molecular complexity index is 1090. The average molecular weight is 424 g/mol. The molecule has 3 aromatic rings. The summed E-state index contributed by atoms with van der Waals surface area (Å²) in [6.07, 6.45) is 0.784. The number of amides is 1. The Morgan fingerprint density at radius 2 is 1.77 bits per heavy atom. The molecule has 2 heterocycles. The van der Waals surface area contributed by atoms with Gasteiger partial charge in [-0.25, -0.2) is 14.8 Å². The van der Waals surface area contributed by atoms with Crippen LogP contribution in [0.4, 0.5) is 17.5 Å². The molecule has 0 fully saturated rings. The number of carbonyl (C=O) groups excluding carboxylic acids is 1. The molecule has 1 amide bonds. The quantitative estimate of drug-likeness (QED) is 0.285. The number of nitrogens with zero attached hydrogens (tertiary/aromatic N) is 3. The third kappa shape index (κ3) is 5.54. The maximum Gasteiger partial charge on any atom is 0.326 e. The van der Waals surface area contributed by atoms with E-state index in [0.717, 1.165) is 11.4 Å². The fraction of sp³-hybridized carbons (Fsp3) is 0.250. The lowest BCUT2D eigenvalue weighted by molar-refractivity contribution is -0.139. The number of hydrogen-bond donors (Lipinski definition) is 6. The van der Waals surface area contributed by atoms with Gasteiger partial charge in [-0.05, 0) is 55.8 Å². The van der Waals surface area contributed by atoms with E-state index in [0.29, 0.717) is 36.1 Å². The molecule has 0 saturated heterocycles. The Morgan fingerprint density at radius 1 is 1.03 bits per heavy atom. The number of aliphatic carboxylic acids is 1. The van der Waals surface area contributed by atoms with Crippen LogP contribution in [0.5, 0.6) is 0 Å². The minimum atomic E-state index is -1.09. The first-order chi connectivity index (χ1) is 14.9. The molecule has 9 N–H and O–H groups in total. The summed E-state index contributed by atoms with van der Waals surface area (Å²) in [5, 5.41) is 14.9. The van der Waals surface area contributed by atoms with Crippen molar-refractivity contribution in [3.05, 3.63) is 47.7 Å². The summed E-state index contributed by atoms with van der Waals surface area (Å²) >= 11 is 0. The number of anilines is 3. The van der Waals surface area contributed by atoms with Crippen LogP contribution in [-0.2, 0) is 11.3 Å². The summed E-state index contributed by atoms with van der Waals surface area (Å²) in [5.74, 6) is -1.24. The number of fused-ring (bicyclic) bond motifs is 1. The summed E-state index contributed by atoms with van der Waals surface area (Å²) in [6, 6.07) is 9.28. The van der Waals surface area contributed by atoms with Gasteiger partial charge >= 0.3 is 5.97 Å². The number of hydrogen-bond acceptors (Lipinski definition) is 9. The Labute approximate surface area is 178 Å². The van der Waals surface area contributed by atoms with Crippen LogP contribution in [0.15, 0.2) is 36.4 Å². The first-order valence-corrected chi connectivity index (χ1v) is 9.63. The predicted molar refractivity (Wildman–Crippen MR) is 117 cm³/mol. The number of carboxylic acids is 1. The highest BCUT2D eigenvalue weighted by Crippen LogP contribution is 2.18. The number of aromatic nitrogens is 3. The first kappa shape index (κ1) is 21.7. The molecule has 1 aromatic carbocycles.